The van der Waals surface area contributed by atoms with Gasteiger partial charge in [-0.3, -0.25) is 9.20 Å². The topological polar surface area (TPSA) is 100 Å². The smallest absolute Gasteiger partial charge is 0.407 e. The first kappa shape index (κ1) is 34.1. The third kappa shape index (κ3) is 9.32. The second-order valence-electron chi connectivity index (χ2n) is 9.77. The molecule has 2 aliphatic heterocycles. The Morgan fingerprint density at radius 1 is 1.00 bits per heavy atom. The number of hydrogen-bond donors (Lipinski definition) is 2. The van der Waals surface area contributed by atoms with Crippen molar-refractivity contribution in [3.63, 3.8) is 0 Å². The van der Waals surface area contributed by atoms with Crippen molar-refractivity contribution in [2.75, 3.05) is 33.8 Å². The predicted molar refractivity (Wildman–Crippen MR) is 177 cm³/mol. The highest BCUT2D eigenvalue weighted by atomic mass is 32.1. The summed E-state index contributed by atoms with van der Waals surface area (Å²) in [6.45, 7) is 9.90. The number of hydrogen-bond acceptors (Lipinski definition) is 8. The van der Waals surface area contributed by atoms with Gasteiger partial charge in [-0.15, -0.1) is 11.3 Å². The van der Waals surface area contributed by atoms with E-state index < -0.39 is 6.09 Å². The SMILES string of the molecule is CC.CCC.CN1C=C(c2ccc(-c3cn4c(-c5ccccc5)csc4n3)cc2)NO1.COC(=O)NCC(=O)N1CCCC1. The number of methoxy groups -OCH3 is 1. The molecule has 6 rings (SSSR count). The van der Waals surface area contributed by atoms with E-state index in [1.165, 1.54) is 24.8 Å². The molecule has 0 radical (unpaired) electrons. The number of thiazole rings is 1. The number of amides is 2. The minimum atomic E-state index is -0.562. The van der Waals surface area contributed by atoms with Crippen molar-refractivity contribution in [3.05, 3.63) is 77.9 Å². The van der Waals surface area contributed by atoms with Crippen LogP contribution in [0.2, 0.25) is 0 Å². The Bertz CT molecular complexity index is 1480. The fraction of sp³-hybridized carbons (Fsp3) is 0.364. The molecule has 44 heavy (non-hydrogen) atoms. The van der Waals surface area contributed by atoms with E-state index in [-0.39, 0.29) is 12.5 Å². The van der Waals surface area contributed by atoms with Gasteiger partial charge < -0.3 is 15.0 Å². The number of imidazole rings is 1. The van der Waals surface area contributed by atoms with Crippen molar-refractivity contribution in [3.8, 4) is 22.5 Å². The van der Waals surface area contributed by atoms with Crippen LogP contribution in [0.25, 0.3) is 33.2 Å². The zero-order valence-electron chi connectivity index (χ0n) is 26.5. The number of fused-ring (bicyclic) bond motifs is 1. The van der Waals surface area contributed by atoms with E-state index in [0.29, 0.717) is 0 Å². The van der Waals surface area contributed by atoms with Gasteiger partial charge in [0.1, 0.15) is 6.54 Å². The number of benzene rings is 2. The fourth-order valence-electron chi connectivity index (χ4n) is 4.35. The third-order valence-electron chi connectivity index (χ3n) is 6.41. The molecule has 4 heterocycles. The minimum absolute atomic E-state index is 0.0344. The molecule has 2 aromatic carbocycles. The first-order valence-electron chi connectivity index (χ1n) is 15.0. The molecule has 0 saturated carbocycles. The van der Waals surface area contributed by atoms with Crippen molar-refractivity contribution in [1.82, 2.24) is 30.1 Å². The van der Waals surface area contributed by atoms with Crippen LogP contribution in [0.1, 0.15) is 52.5 Å². The van der Waals surface area contributed by atoms with Crippen molar-refractivity contribution < 1.29 is 19.3 Å². The van der Waals surface area contributed by atoms with Crippen LogP contribution in [0.4, 0.5) is 4.79 Å². The van der Waals surface area contributed by atoms with E-state index in [2.05, 4.69) is 93.9 Å². The first-order valence-corrected chi connectivity index (χ1v) is 15.9. The van der Waals surface area contributed by atoms with Crippen LogP contribution < -0.4 is 10.8 Å². The Morgan fingerprint density at radius 3 is 2.23 bits per heavy atom. The van der Waals surface area contributed by atoms with Gasteiger partial charge in [0.05, 0.1) is 30.4 Å². The quantitative estimate of drug-likeness (QED) is 0.253. The third-order valence-corrected chi connectivity index (χ3v) is 7.25. The van der Waals surface area contributed by atoms with Gasteiger partial charge in [-0.05, 0) is 18.4 Å². The summed E-state index contributed by atoms with van der Waals surface area (Å²) in [5.41, 5.74) is 9.34. The monoisotopic (exact) mass is 620 g/mol. The number of hydroxylamine groups is 3. The molecule has 0 spiro atoms. The summed E-state index contributed by atoms with van der Waals surface area (Å²) >= 11 is 1.66. The molecule has 2 aromatic heterocycles. The standard InChI is InChI=1S/C20H16N4OS.C8H14N2O3.C3H8.C2H6/c1-23-11-18(22-25-23)15-9-7-14(8-10-15)17-12-24-19(13-26-20(24)21-17)16-5-3-2-4-6-16;1-13-8(12)9-6-7(11)10-4-2-3-5-10;1-3-2;1-2/h2-13,22H,1H3;2-6H2,1H3,(H,9,12);3H2,1-2H3;1-2H3. The van der Waals surface area contributed by atoms with E-state index in [1.54, 1.807) is 21.3 Å². The molecule has 0 unspecified atom stereocenters. The van der Waals surface area contributed by atoms with Crippen LogP contribution in [-0.2, 0) is 14.5 Å². The zero-order chi connectivity index (χ0) is 31.9. The maximum atomic E-state index is 11.3. The van der Waals surface area contributed by atoms with Gasteiger partial charge in [0, 0.05) is 42.8 Å². The molecule has 1 saturated heterocycles. The number of aromatic nitrogens is 2. The maximum absolute atomic E-state index is 11.3. The Balaban J connectivity index is 0.000000248. The average molecular weight is 621 g/mol. The largest absolute Gasteiger partial charge is 0.453 e. The molecular weight excluding hydrogens is 576 g/mol. The van der Waals surface area contributed by atoms with Crippen molar-refractivity contribution >= 4 is 34.0 Å². The summed E-state index contributed by atoms with van der Waals surface area (Å²) in [7, 11) is 3.12. The second-order valence-corrected chi connectivity index (χ2v) is 10.6. The van der Waals surface area contributed by atoms with Crippen molar-refractivity contribution in [2.45, 2.75) is 47.0 Å². The molecule has 2 N–H and O–H groups in total. The van der Waals surface area contributed by atoms with Gasteiger partial charge in [0.2, 0.25) is 5.91 Å². The molecule has 4 aromatic rings. The van der Waals surface area contributed by atoms with Gasteiger partial charge in [0.25, 0.3) is 0 Å². The molecule has 0 atom stereocenters. The lowest BCUT2D eigenvalue weighted by Crippen LogP contribution is -2.38. The highest BCUT2D eigenvalue weighted by Crippen LogP contribution is 2.30. The highest BCUT2D eigenvalue weighted by Gasteiger charge is 2.18. The average Bonchev–Trinajstić information content (AvgIpc) is 3.88. The van der Waals surface area contributed by atoms with Crippen LogP contribution in [-0.4, -0.2) is 65.1 Å². The summed E-state index contributed by atoms with van der Waals surface area (Å²) in [6.07, 6.45) is 6.82. The molecular formula is C33H44N6O4S. The summed E-state index contributed by atoms with van der Waals surface area (Å²) in [4.78, 5) is 34.7. The number of alkyl carbamates (subject to hydrolysis) is 1. The molecule has 0 bridgehead atoms. The maximum Gasteiger partial charge on any atom is 0.407 e. The first-order chi connectivity index (χ1) is 21.4. The highest BCUT2D eigenvalue weighted by molar-refractivity contribution is 7.15. The lowest BCUT2D eigenvalue weighted by Gasteiger charge is -2.14. The number of rotatable bonds is 5. The summed E-state index contributed by atoms with van der Waals surface area (Å²) < 4.78 is 6.50. The summed E-state index contributed by atoms with van der Waals surface area (Å²) in [6, 6.07) is 18.7. The molecule has 0 aliphatic carbocycles. The fourth-order valence-corrected chi connectivity index (χ4v) is 5.23. The number of carbonyl (C=O) groups is 2. The normalized spacial score (nSPS) is 13.4. The molecule has 236 valence electrons. The molecule has 10 nitrogen and oxygen atoms in total. The van der Waals surface area contributed by atoms with Crippen LogP contribution in [0.3, 0.4) is 0 Å². The van der Waals surface area contributed by atoms with Crippen LogP contribution in [0.5, 0.6) is 0 Å². The van der Waals surface area contributed by atoms with Gasteiger partial charge in [-0.1, -0.05) is 88.7 Å². The Morgan fingerprint density at radius 2 is 1.64 bits per heavy atom. The van der Waals surface area contributed by atoms with E-state index in [9.17, 15) is 9.59 Å². The molecule has 2 aliphatic rings. The minimum Gasteiger partial charge on any atom is -0.453 e. The Hall–Kier alpha value is -4.35. The van der Waals surface area contributed by atoms with Crippen molar-refractivity contribution in [2.24, 2.45) is 0 Å². The van der Waals surface area contributed by atoms with Crippen LogP contribution >= 0.6 is 11.3 Å². The lowest BCUT2D eigenvalue weighted by molar-refractivity contribution is -0.129. The second kappa shape index (κ2) is 17.7. The predicted octanol–water partition coefficient (Wildman–Crippen LogP) is 6.82. The summed E-state index contributed by atoms with van der Waals surface area (Å²) in [5.74, 6) is -0.0390. The lowest BCUT2D eigenvalue weighted by atomic mass is 10.1. The van der Waals surface area contributed by atoms with E-state index in [4.69, 9.17) is 9.92 Å². The van der Waals surface area contributed by atoms with Crippen LogP contribution in [0.15, 0.2) is 72.4 Å². The molecule has 11 heteroatoms. The number of ether oxygens (including phenoxy) is 1. The van der Waals surface area contributed by atoms with E-state index in [0.717, 1.165) is 53.4 Å². The van der Waals surface area contributed by atoms with Crippen LogP contribution in [0, 0.1) is 0 Å². The molecule has 2 amide bonds. The number of nitrogens with one attached hydrogen (secondary N) is 2. The number of nitrogens with zero attached hydrogens (tertiary/aromatic N) is 4. The van der Waals surface area contributed by atoms with E-state index in [1.807, 2.05) is 33.2 Å². The molecule has 1 fully saturated rings. The van der Waals surface area contributed by atoms with Gasteiger partial charge in [0.15, 0.2) is 4.96 Å². The Labute approximate surface area is 264 Å². The van der Waals surface area contributed by atoms with Gasteiger partial charge >= 0.3 is 6.09 Å². The van der Waals surface area contributed by atoms with Crippen molar-refractivity contribution in [1.29, 1.82) is 0 Å². The number of likely N-dealkylation sites (tertiary alicyclic amines) is 1. The van der Waals surface area contributed by atoms with Gasteiger partial charge in [-0.2, -0.15) is 4.94 Å². The van der Waals surface area contributed by atoms with Gasteiger partial charge in [-0.25, -0.2) is 20.3 Å². The summed E-state index contributed by atoms with van der Waals surface area (Å²) in [5, 5.41) is 6.15. The Kier molecular flexibility index (Phi) is 13.7. The van der Waals surface area contributed by atoms with E-state index >= 15 is 0 Å². The zero-order valence-corrected chi connectivity index (χ0v) is 27.3. The number of carbonyl (C=O) groups excluding carboxylic acids is 2.